The fraction of sp³-hybridized carbons (Fsp3) is 0. The Labute approximate surface area is 130 Å². The fourth-order valence-corrected chi connectivity index (χ4v) is 2.04. The molecule has 0 bridgehead atoms. The Bertz CT molecular complexity index is 961. The smallest absolute Gasteiger partial charge is 0.292 e. The van der Waals surface area contributed by atoms with Gasteiger partial charge in [0, 0.05) is 5.56 Å². The first-order valence-electron chi connectivity index (χ1n) is 6.70. The predicted molar refractivity (Wildman–Crippen MR) is 83.8 cm³/mol. The molecule has 0 atom stereocenters. The third kappa shape index (κ3) is 2.87. The topological polar surface area (TPSA) is 117 Å². The van der Waals surface area contributed by atoms with Gasteiger partial charge in [0.1, 0.15) is 17.5 Å². The van der Waals surface area contributed by atoms with Gasteiger partial charge in [0.15, 0.2) is 5.69 Å². The van der Waals surface area contributed by atoms with Crippen molar-refractivity contribution >= 4 is 11.4 Å². The highest BCUT2D eigenvalue weighted by atomic mass is 16.3. The van der Waals surface area contributed by atoms with Crippen molar-refractivity contribution in [1.29, 1.82) is 5.26 Å². The maximum absolute atomic E-state index is 11.9. The van der Waals surface area contributed by atoms with Crippen LogP contribution in [0.5, 0.6) is 5.75 Å². The number of nitrogens with zero attached hydrogens (tertiary/aromatic N) is 3. The average Bonchev–Trinajstić information content (AvgIpc) is 2.94. The molecule has 0 aliphatic heterocycles. The highest BCUT2D eigenvalue weighted by molar-refractivity contribution is 5.71. The standard InChI is InChI=1S/C16H11N5O2/c17-9-11-3-1-2-4-13(11)18-20-15-14(19-21-16(15)23)10-5-7-12(22)8-6-10/h1-8,22H,(H2,19,21,23). The first kappa shape index (κ1) is 14.3. The number of phenols is 1. The molecule has 7 heteroatoms. The molecule has 23 heavy (non-hydrogen) atoms. The maximum Gasteiger partial charge on any atom is 0.292 e. The molecule has 3 N–H and O–H groups in total. The summed E-state index contributed by atoms with van der Waals surface area (Å²) in [5.41, 5.74) is 1.55. The summed E-state index contributed by atoms with van der Waals surface area (Å²) in [4.78, 5) is 11.9. The molecule has 0 radical (unpaired) electrons. The minimum absolute atomic E-state index is 0.100. The van der Waals surface area contributed by atoms with Crippen LogP contribution >= 0.6 is 0 Å². The first-order valence-corrected chi connectivity index (χ1v) is 6.70. The Hall–Kier alpha value is -3.66. The number of hydrogen-bond acceptors (Lipinski definition) is 5. The van der Waals surface area contributed by atoms with E-state index in [2.05, 4.69) is 20.4 Å². The molecular formula is C16H11N5O2. The average molecular weight is 305 g/mol. The quantitative estimate of drug-likeness (QED) is 0.644. The van der Waals surface area contributed by atoms with E-state index in [9.17, 15) is 9.90 Å². The Morgan fingerprint density at radius 2 is 1.74 bits per heavy atom. The number of aromatic amines is 2. The van der Waals surface area contributed by atoms with E-state index < -0.39 is 5.56 Å². The van der Waals surface area contributed by atoms with E-state index in [0.717, 1.165) is 0 Å². The largest absolute Gasteiger partial charge is 0.508 e. The molecule has 0 saturated heterocycles. The summed E-state index contributed by atoms with van der Waals surface area (Å²) in [6, 6.07) is 15.1. The van der Waals surface area contributed by atoms with Crippen LogP contribution in [0.4, 0.5) is 11.4 Å². The van der Waals surface area contributed by atoms with Gasteiger partial charge in [-0.1, -0.05) is 12.1 Å². The zero-order valence-corrected chi connectivity index (χ0v) is 11.8. The third-order valence-corrected chi connectivity index (χ3v) is 3.19. The molecule has 0 saturated carbocycles. The summed E-state index contributed by atoms with van der Waals surface area (Å²) in [7, 11) is 0. The molecule has 0 aliphatic rings. The van der Waals surface area contributed by atoms with Gasteiger partial charge in [-0.2, -0.15) is 5.26 Å². The summed E-state index contributed by atoms with van der Waals surface area (Å²) >= 11 is 0. The van der Waals surface area contributed by atoms with Crippen molar-refractivity contribution in [3.8, 4) is 23.1 Å². The van der Waals surface area contributed by atoms with Gasteiger partial charge in [0.2, 0.25) is 0 Å². The third-order valence-electron chi connectivity index (χ3n) is 3.19. The van der Waals surface area contributed by atoms with E-state index in [1.807, 2.05) is 6.07 Å². The lowest BCUT2D eigenvalue weighted by Gasteiger charge is -1.99. The Morgan fingerprint density at radius 1 is 1.00 bits per heavy atom. The molecule has 2 aromatic carbocycles. The normalized spacial score (nSPS) is 10.7. The van der Waals surface area contributed by atoms with Gasteiger partial charge in [0.05, 0.1) is 11.3 Å². The molecule has 7 nitrogen and oxygen atoms in total. The first-order chi connectivity index (χ1) is 11.2. The van der Waals surface area contributed by atoms with Crippen LogP contribution in [0.1, 0.15) is 5.56 Å². The maximum atomic E-state index is 11.9. The number of hydrogen-bond donors (Lipinski definition) is 3. The Morgan fingerprint density at radius 3 is 2.48 bits per heavy atom. The minimum atomic E-state index is -0.425. The van der Waals surface area contributed by atoms with Gasteiger partial charge in [-0.25, -0.2) is 0 Å². The molecule has 3 aromatic rings. The fourth-order valence-electron chi connectivity index (χ4n) is 2.04. The van der Waals surface area contributed by atoms with E-state index in [1.165, 1.54) is 12.1 Å². The number of nitrogens with one attached hydrogen (secondary N) is 2. The second-order valence-corrected chi connectivity index (χ2v) is 4.68. The number of azo groups is 1. The zero-order chi connectivity index (χ0) is 16.2. The number of benzene rings is 2. The predicted octanol–water partition coefficient (Wildman–Crippen LogP) is 3.36. The van der Waals surface area contributed by atoms with Crippen LogP contribution in [-0.4, -0.2) is 15.3 Å². The molecule has 1 heterocycles. The SMILES string of the molecule is N#Cc1ccccc1N=Nc1c(-c2ccc(O)cc2)[nH][nH]c1=O. The Kier molecular flexibility index (Phi) is 3.72. The van der Waals surface area contributed by atoms with Crippen molar-refractivity contribution in [2.75, 3.05) is 0 Å². The molecule has 112 valence electrons. The summed E-state index contributed by atoms with van der Waals surface area (Å²) in [6.07, 6.45) is 0. The van der Waals surface area contributed by atoms with Gasteiger partial charge in [-0.3, -0.25) is 15.0 Å². The number of aromatic nitrogens is 2. The van der Waals surface area contributed by atoms with E-state index in [4.69, 9.17) is 5.26 Å². The molecule has 0 fully saturated rings. The number of nitriles is 1. The summed E-state index contributed by atoms with van der Waals surface area (Å²) in [6.45, 7) is 0. The Balaban J connectivity index is 2.03. The van der Waals surface area contributed by atoms with E-state index >= 15 is 0 Å². The van der Waals surface area contributed by atoms with E-state index in [-0.39, 0.29) is 11.4 Å². The molecule has 1 aromatic heterocycles. The lowest BCUT2D eigenvalue weighted by atomic mass is 10.1. The lowest BCUT2D eigenvalue weighted by molar-refractivity contribution is 0.475. The lowest BCUT2D eigenvalue weighted by Crippen LogP contribution is -1.96. The second kappa shape index (κ2) is 5.99. The van der Waals surface area contributed by atoms with Crippen LogP contribution in [0.25, 0.3) is 11.3 Å². The second-order valence-electron chi connectivity index (χ2n) is 4.68. The van der Waals surface area contributed by atoms with Crippen molar-refractivity contribution < 1.29 is 5.11 Å². The van der Waals surface area contributed by atoms with E-state index in [0.29, 0.717) is 22.5 Å². The van der Waals surface area contributed by atoms with Crippen LogP contribution in [-0.2, 0) is 0 Å². The monoisotopic (exact) mass is 305 g/mol. The van der Waals surface area contributed by atoms with Crippen LogP contribution in [0.3, 0.4) is 0 Å². The number of H-pyrrole nitrogens is 2. The summed E-state index contributed by atoms with van der Waals surface area (Å²) in [5, 5.41) is 31.5. The van der Waals surface area contributed by atoms with Gasteiger partial charge >= 0.3 is 0 Å². The molecular weight excluding hydrogens is 294 g/mol. The summed E-state index contributed by atoms with van der Waals surface area (Å²) < 4.78 is 0. The van der Waals surface area contributed by atoms with Gasteiger partial charge < -0.3 is 5.11 Å². The number of aromatic hydroxyl groups is 1. The van der Waals surface area contributed by atoms with Crippen molar-refractivity contribution in [2.24, 2.45) is 10.2 Å². The van der Waals surface area contributed by atoms with Gasteiger partial charge in [-0.15, -0.1) is 10.2 Å². The number of rotatable bonds is 3. The zero-order valence-electron chi connectivity index (χ0n) is 11.8. The van der Waals surface area contributed by atoms with Gasteiger partial charge in [0.25, 0.3) is 5.56 Å². The van der Waals surface area contributed by atoms with Crippen LogP contribution < -0.4 is 5.56 Å². The highest BCUT2D eigenvalue weighted by Gasteiger charge is 2.12. The molecule has 0 aliphatic carbocycles. The van der Waals surface area contributed by atoms with Crippen molar-refractivity contribution in [3.05, 3.63) is 64.4 Å². The van der Waals surface area contributed by atoms with Crippen molar-refractivity contribution in [3.63, 3.8) is 0 Å². The van der Waals surface area contributed by atoms with Crippen molar-refractivity contribution in [1.82, 2.24) is 10.2 Å². The van der Waals surface area contributed by atoms with Crippen molar-refractivity contribution in [2.45, 2.75) is 0 Å². The van der Waals surface area contributed by atoms with Gasteiger partial charge in [-0.05, 0) is 36.4 Å². The number of phenolic OH excluding ortho intramolecular Hbond substituents is 1. The van der Waals surface area contributed by atoms with Crippen LogP contribution in [0.2, 0.25) is 0 Å². The minimum Gasteiger partial charge on any atom is -0.508 e. The highest BCUT2D eigenvalue weighted by Crippen LogP contribution is 2.28. The van der Waals surface area contributed by atoms with Crippen LogP contribution in [0.15, 0.2) is 63.6 Å². The molecule has 3 rings (SSSR count). The summed E-state index contributed by atoms with van der Waals surface area (Å²) in [5.74, 6) is 0.123. The molecule has 0 spiro atoms. The van der Waals surface area contributed by atoms with Crippen LogP contribution in [0, 0.1) is 11.3 Å². The van der Waals surface area contributed by atoms with E-state index in [1.54, 1.807) is 36.4 Å². The molecule has 0 unspecified atom stereocenters. The molecule has 0 amide bonds.